The zero-order valence-corrected chi connectivity index (χ0v) is 12.8. The van der Waals surface area contributed by atoms with Crippen molar-refractivity contribution in [1.82, 2.24) is 10.2 Å². The zero-order valence-electron chi connectivity index (χ0n) is 12.8. The predicted octanol–water partition coefficient (Wildman–Crippen LogP) is 1.17. The van der Waals surface area contributed by atoms with E-state index in [2.05, 4.69) is 17.1 Å². The molecule has 0 radical (unpaired) electrons. The maximum atomic E-state index is 11.7. The van der Waals surface area contributed by atoms with Crippen LogP contribution >= 0.6 is 0 Å². The van der Waals surface area contributed by atoms with Crippen LogP contribution < -0.4 is 5.32 Å². The van der Waals surface area contributed by atoms with Crippen molar-refractivity contribution in [2.24, 2.45) is 0 Å². The minimum absolute atomic E-state index is 0.159. The number of rotatable bonds is 7. The summed E-state index contributed by atoms with van der Waals surface area (Å²) < 4.78 is 10.8. The number of hydrogen-bond acceptors (Lipinski definition) is 5. The summed E-state index contributed by atoms with van der Waals surface area (Å²) >= 11 is 0. The van der Waals surface area contributed by atoms with Crippen molar-refractivity contribution in [3.05, 3.63) is 0 Å². The first-order valence-electron chi connectivity index (χ1n) is 7.91. The highest BCUT2D eigenvalue weighted by molar-refractivity contribution is 5.75. The van der Waals surface area contributed by atoms with E-state index in [1.54, 1.807) is 0 Å². The number of fused-ring (bicyclic) bond motifs is 1. The lowest BCUT2D eigenvalue weighted by atomic mass is 10.1. The quantitative estimate of drug-likeness (QED) is 0.711. The Morgan fingerprint density at radius 3 is 3.15 bits per heavy atom. The van der Waals surface area contributed by atoms with Gasteiger partial charge in [-0.15, -0.1) is 0 Å². The summed E-state index contributed by atoms with van der Waals surface area (Å²) in [6, 6.07) is 0.433. The van der Waals surface area contributed by atoms with E-state index in [-0.39, 0.29) is 18.1 Å². The molecule has 116 valence electrons. The minimum Gasteiger partial charge on any atom is -0.468 e. The van der Waals surface area contributed by atoms with Crippen molar-refractivity contribution < 1.29 is 14.3 Å². The first-order valence-corrected chi connectivity index (χ1v) is 7.91. The highest BCUT2D eigenvalue weighted by Crippen LogP contribution is 2.22. The molecule has 5 heteroatoms. The van der Waals surface area contributed by atoms with Gasteiger partial charge in [0.15, 0.2) is 0 Å². The maximum Gasteiger partial charge on any atom is 0.322 e. The van der Waals surface area contributed by atoms with Crippen LogP contribution in [0, 0.1) is 0 Å². The van der Waals surface area contributed by atoms with Crippen molar-refractivity contribution in [2.75, 3.05) is 33.4 Å². The van der Waals surface area contributed by atoms with Crippen LogP contribution in [0.3, 0.4) is 0 Å². The largest absolute Gasteiger partial charge is 0.468 e. The first-order chi connectivity index (χ1) is 9.74. The van der Waals surface area contributed by atoms with E-state index < -0.39 is 0 Å². The Bertz CT molecular complexity index is 311. The molecule has 3 atom stereocenters. The van der Waals surface area contributed by atoms with Gasteiger partial charge in [0.1, 0.15) is 6.04 Å². The smallest absolute Gasteiger partial charge is 0.322 e. The molecule has 2 aliphatic rings. The second-order valence-electron chi connectivity index (χ2n) is 5.87. The molecule has 20 heavy (non-hydrogen) atoms. The Hall–Kier alpha value is -0.650. The first kappa shape index (κ1) is 15.7. The topological polar surface area (TPSA) is 50.8 Å². The van der Waals surface area contributed by atoms with Crippen LogP contribution in [-0.2, 0) is 14.3 Å². The molecule has 2 fully saturated rings. The molecule has 0 aromatic heterocycles. The van der Waals surface area contributed by atoms with Crippen molar-refractivity contribution >= 4 is 5.97 Å². The number of hydrogen-bond donors (Lipinski definition) is 1. The van der Waals surface area contributed by atoms with E-state index in [1.807, 2.05) is 0 Å². The summed E-state index contributed by atoms with van der Waals surface area (Å²) in [5.41, 5.74) is 0. The van der Waals surface area contributed by atoms with E-state index in [1.165, 1.54) is 26.5 Å². The third-order valence-electron chi connectivity index (χ3n) is 4.39. The van der Waals surface area contributed by atoms with Crippen LogP contribution in [0.5, 0.6) is 0 Å². The summed E-state index contributed by atoms with van der Waals surface area (Å²) in [6.45, 7) is 5.88. The second kappa shape index (κ2) is 7.96. The SMILES string of the molecule is CCCCC(NCC1CN2CCCC2CO1)C(=O)OC. The average Bonchev–Trinajstić information content (AvgIpc) is 2.94. The normalized spacial score (nSPS) is 28.1. The molecule has 2 saturated heterocycles. The standard InChI is InChI=1S/C15H28N2O3/c1-3-4-7-14(15(18)19-2)16-9-13-10-17-8-5-6-12(17)11-20-13/h12-14,16H,3-11H2,1-2H3. The predicted molar refractivity (Wildman–Crippen MR) is 77.7 cm³/mol. The Balaban J connectivity index is 1.75. The van der Waals surface area contributed by atoms with Crippen LogP contribution in [-0.4, -0.2) is 62.4 Å². The third kappa shape index (κ3) is 4.17. The average molecular weight is 284 g/mol. The molecule has 0 amide bonds. The minimum atomic E-state index is -0.195. The lowest BCUT2D eigenvalue weighted by Gasteiger charge is -2.35. The fraction of sp³-hybridized carbons (Fsp3) is 0.933. The summed E-state index contributed by atoms with van der Waals surface area (Å²) in [5, 5.41) is 3.33. The lowest BCUT2D eigenvalue weighted by molar-refractivity contribution is -0.143. The molecular formula is C15H28N2O3. The van der Waals surface area contributed by atoms with E-state index in [0.29, 0.717) is 6.04 Å². The Morgan fingerprint density at radius 1 is 1.55 bits per heavy atom. The number of carbonyl (C=O) groups is 1. The van der Waals surface area contributed by atoms with E-state index in [0.717, 1.165) is 39.0 Å². The number of ether oxygens (including phenoxy) is 2. The van der Waals surface area contributed by atoms with Crippen molar-refractivity contribution in [3.8, 4) is 0 Å². The van der Waals surface area contributed by atoms with Gasteiger partial charge in [0.25, 0.3) is 0 Å². The molecule has 0 spiro atoms. The molecule has 2 heterocycles. The van der Waals surface area contributed by atoms with Gasteiger partial charge in [0.05, 0.1) is 19.8 Å². The molecule has 2 aliphatic heterocycles. The van der Waals surface area contributed by atoms with E-state index in [9.17, 15) is 4.79 Å². The second-order valence-corrected chi connectivity index (χ2v) is 5.87. The highest BCUT2D eigenvalue weighted by Gasteiger charge is 2.32. The van der Waals surface area contributed by atoms with Gasteiger partial charge in [-0.3, -0.25) is 9.69 Å². The number of nitrogens with zero attached hydrogens (tertiary/aromatic N) is 1. The van der Waals surface area contributed by atoms with Crippen molar-refractivity contribution in [2.45, 2.75) is 57.2 Å². The summed E-state index contributed by atoms with van der Waals surface area (Å²) in [6.07, 6.45) is 5.70. The van der Waals surface area contributed by atoms with Gasteiger partial charge >= 0.3 is 5.97 Å². The molecule has 0 bridgehead atoms. The summed E-state index contributed by atoms with van der Waals surface area (Å²) in [5.74, 6) is -0.159. The molecule has 5 nitrogen and oxygen atoms in total. The van der Waals surface area contributed by atoms with Gasteiger partial charge in [-0.25, -0.2) is 0 Å². The summed E-state index contributed by atoms with van der Waals surface area (Å²) in [4.78, 5) is 14.3. The van der Waals surface area contributed by atoms with Gasteiger partial charge in [-0.05, 0) is 25.8 Å². The Labute approximate surface area is 122 Å². The van der Waals surface area contributed by atoms with Gasteiger partial charge in [0, 0.05) is 19.1 Å². The molecule has 0 aliphatic carbocycles. The van der Waals surface area contributed by atoms with Crippen LogP contribution in [0.4, 0.5) is 0 Å². The van der Waals surface area contributed by atoms with Crippen LogP contribution in [0.15, 0.2) is 0 Å². The maximum absolute atomic E-state index is 11.7. The number of carbonyl (C=O) groups excluding carboxylic acids is 1. The van der Waals surface area contributed by atoms with E-state index >= 15 is 0 Å². The number of esters is 1. The third-order valence-corrected chi connectivity index (χ3v) is 4.39. The molecule has 2 rings (SSSR count). The van der Waals surface area contributed by atoms with Gasteiger partial charge in [0.2, 0.25) is 0 Å². The molecular weight excluding hydrogens is 256 g/mol. The molecule has 3 unspecified atom stereocenters. The van der Waals surface area contributed by atoms with Gasteiger partial charge < -0.3 is 14.8 Å². The van der Waals surface area contributed by atoms with Crippen LogP contribution in [0.2, 0.25) is 0 Å². The van der Waals surface area contributed by atoms with Gasteiger partial charge in [-0.1, -0.05) is 19.8 Å². The van der Waals surface area contributed by atoms with Crippen molar-refractivity contribution in [3.63, 3.8) is 0 Å². The lowest BCUT2D eigenvalue weighted by Crippen LogP contribution is -2.51. The zero-order chi connectivity index (χ0) is 14.4. The molecule has 1 N–H and O–H groups in total. The Morgan fingerprint density at radius 2 is 2.40 bits per heavy atom. The van der Waals surface area contributed by atoms with Crippen molar-refractivity contribution in [1.29, 1.82) is 0 Å². The monoisotopic (exact) mass is 284 g/mol. The number of methoxy groups -OCH3 is 1. The highest BCUT2D eigenvalue weighted by atomic mass is 16.5. The number of morpholine rings is 1. The summed E-state index contributed by atoms with van der Waals surface area (Å²) in [7, 11) is 1.45. The van der Waals surface area contributed by atoms with E-state index in [4.69, 9.17) is 9.47 Å². The van der Waals surface area contributed by atoms with Crippen LogP contribution in [0.1, 0.15) is 39.0 Å². The number of nitrogens with one attached hydrogen (secondary N) is 1. The fourth-order valence-corrected chi connectivity index (χ4v) is 3.14. The molecule has 0 aromatic carbocycles. The van der Waals surface area contributed by atoms with Crippen LogP contribution in [0.25, 0.3) is 0 Å². The fourth-order valence-electron chi connectivity index (χ4n) is 3.14. The van der Waals surface area contributed by atoms with Gasteiger partial charge in [-0.2, -0.15) is 0 Å². The molecule has 0 aromatic rings. The molecule has 0 saturated carbocycles. The number of unbranched alkanes of at least 4 members (excludes halogenated alkanes) is 1. The Kier molecular flexibility index (Phi) is 6.26.